The molecule has 0 radical (unpaired) electrons. The zero-order valence-corrected chi connectivity index (χ0v) is 18.9. The van der Waals surface area contributed by atoms with Gasteiger partial charge in [-0.05, 0) is 68.4 Å². The van der Waals surface area contributed by atoms with Crippen LogP contribution in [0, 0.1) is 0 Å². The van der Waals surface area contributed by atoms with Gasteiger partial charge in [0.1, 0.15) is 5.75 Å². The number of hydrogen-bond donors (Lipinski definition) is 1. The first-order valence-electron chi connectivity index (χ1n) is 10.6. The van der Waals surface area contributed by atoms with E-state index in [0.717, 1.165) is 38.5 Å². The topological polar surface area (TPSA) is 75.7 Å². The molecule has 1 aliphatic carbocycles. The lowest BCUT2D eigenvalue weighted by atomic mass is 10.1. The van der Waals surface area contributed by atoms with E-state index >= 15 is 0 Å². The molecule has 1 saturated heterocycles. The number of thiophene rings is 1. The molecular formula is C22H28N2O4S2. The van der Waals surface area contributed by atoms with Crippen molar-refractivity contribution in [3.05, 3.63) is 39.6 Å². The fraction of sp³-hybridized carbons (Fsp3) is 0.500. The normalized spacial score (nSPS) is 17.8. The molecule has 0 bridgehead atoms. The van der Waals surface area contributed by atoms with E-state index in [1.54, 1.807) is 23.5 Å². The van der Waals surface area contributed by atoms with Crippen LogP contribution in [-0.2, 0) is 22.9 Å². The highest BCUT2D eigenvalue weighted by Gasteiger charge is 2.27. The van der Waals surface area contributed by atoms with Gasteiger partial charge in [-0.25, -0.2) is 8.42 Å². The number of rotatable bonds is 5. The average molecular weight is 449 g/mol. The number of methoxy groups -OCH3 is 1. The molecule has 0 saturated carbocycles. The van der Waals surface area contributed by atoms with Crippen LogP contribution in [0.1, 0.15) is 58.6 Å². The number of aryl methyl sites for hydroxylation is 2. The molecule has 2 heterocycles. The molecule has 8 heteroatoms. The van der Waals surface area contributed by atoms with E-state index in [1.807, 2.05) is 6.07 Å². The van der Waals surface area contributed by atoms with Gasteiger partial charge < -0.3 is 10.1 Å². The zero-order chi connectivity index (χ0) is 21.1. The molecule has 162 valence electrons. The second kappa shape index (κ2) is 9.08. The lowest BCUT2D eigenvalue weighted by Gasteiger charge is -2.26. The minimum Gasteiger partial charge on any atom is -0.495 e. The monoisotopic (exact) mass is 448 g/mol. The molecule has 4 rings (SSSR count). The molecule has 1 aromatic carbocycles. The number of carbonyl (C=O) groups is 1. The second-order valence-corrected chi connectivity index (χ2v) is 11.0. The van der Waals surface area contributed by atoms with Gasteiger partial charge in [0, 0.05) is 18.0 Å². The van der Waals surface area contributed by atoms with Crippen molar-refractivity contribution in [2.45, 2.75) is 56.3 Å². The Balaban J connectivity index is 1.59. The number of anilines is 1. The summed E-state index contributed by atoms with van der Waals surface area (Å²) in [6, 6.07) is 6.66. The first-order chi connectivity index (χ1) is 14.5. The number of benzene rings is 1. The molecule has 2 aromatic rings. The number of nitrogens with one attached hydrogen (secondary N) is 1. The number of hydrogen-bond acceptors (Lipinski definition) is 5. The van der Waals surface area contributed by atoms with Crippen LogP contribution < -0.4 is 10.1 Å². The number of amides is 1. The van der Waals surface area contributed by atoms with Crippen LogP contribution in [0.5, 0.6) is 5.75 Å². The summed E-state index contributed by atoms with van der Waals surface area (Å²) in [5, 5.41) is 2.88. The molecule has 6 nitrogen and oxygen atoms in total. The molecule has 0 unspecified atom stereocenters. The van der Waals surface area contributed by atoms with E-state index in [-0.39, 0.29) is 10.8 Å². The fourth-order valence-corrected chi connectivity index (χ4v) is 6.86. The van der Waals surface area contributed by atoms with Crippen LogP contribution in [-0.4, -0.2) is 38.8 Å². The molecule has 0 spiro atoms. The lowest BCUT2D eigenvalue weighted by Crippen LogP contribution is -2.35. The number of sulfonamides is 1. The summed E-state index contributed by atoms with van der Waals surface area (Å²) in [4.78, 5) is 15.1. The number of nitrogens with zero attached hydrogens (tertiary/aromatic N) is 1. The molecule has 1 fully saturated rings. The predicted molar refractivity (Wildman–Crippen MR) is 119 cm³/mol. The molecule has 30 heavy (non-hydrogen) atoms. The summed E-state index contributed by atoms with van der Waals surface area (Å²) in [6.07, 6.45) is 8.42. The van der Waals surface area contributed by atoms with Gasteiger partial charge in [-0.15, -0.1) is 11.3 Å². The first kappa shape index (κ1) is 21.3. The molecule has 1 amide bonds. The number of ether oxygens (including phenoxy) is 1. The summed E-state index contributed by atoms with van der Waals surface area (Å²) in [6.45, 7) is 1.08. The minimum atomic E-state index is -3.59. The standard InChI is InChI=1S/C22H28N2O4S2/c1-28-19-11-10-17(30(26,27)24-12-6-3-7-13-24)15-18(19)23-22(25)21-14-16-8-4-2-5-9-20(16)29-21/h10-11,14-15H,2-9,12-13H2,1H3,(H,23,25). The molecule has 0 atom stereocenters. The predicted octanol–water partition coefficient (Wildman–Crippen LogP) is 4.45. The lowest BCUT2D eigenvalue weighted by molar-refractivity contribution is 0.103. The van der Waals surface area contributed by atoms with Crippen molar-refractivity contribution in [1.29, 1.82) is 0 Å². The molecule has 2 aliphatic rings. The highest BCUT2D eigenvalue weighted by Crippen LogP contribution is 2.33. The van der Waals surface area contributed by atoms with Crippen molar-refractivity contribution in [3.8, 4) is 5.75 Å². The summed E-state index contributed by atoms with van der Waals surface area (Å²) >= 11 is 1.54. The third-order valence-electron chi connectivity index (χ3n) is 5.84. The van der Waals surface area contributed by atoms with Gasteiger partial charge in [0.2, 0.25) is 10.0 Å². The Morgan fingerprint density at radius 1 is 1.03 bits per heavy atom. The van der Waals surface area contributed by atoms with Crippen LogP contribution in [0.4, 0.5) is 5.69 Å². The van der Waals surface area contributed by atoms with Gasteiger partial charge in [0.05, 0.1) is 22.6 Å². The van der Waals surface area contributed by atoms with Gasteiger partial charge in [0.25, 0.3) is 5.91 Å². The van der Waals surface area contributed by atoms with Crippen molar-refractivity contribution < 1.29 is 17.9 Å². The van der Waals surface area contributed by atoms with Crippen molar-refractivity contribution in [2.75, 3.05) is 25.5 Å². The highest BCUT2D eigenvalue weighted by molar-refractivity contribution is 7.89. The Labute approximate surface area is 182 Å². The van der Waals surface area contributed by atoms with Crippen molar-refractivity contribution >= 4 is 33.0 Å². The first-order valence-corrected chi connectivity index (χ1v) is 12.9. The fourth-order valence-electron chi connectivity index (χ4n) is 4.16. The third-order valence-corrected chi connectivity index (χ3v) is 8.97. The Hall–Kier alpha value is -1.90. The van der Waals surface area contributed by atoms with Crippen LogP contribution in [0.15, 0.2) is 29.2 Å². The Bertz CT molecular complexity index is 1000. The SMILES string of the molecule is COc1ccc(S(=O)(=O)N2CCCCC2)cc1NC(=O)c1cc2c(s1)CCCCC2. The van der Waals surface area contributed by atoms with Gasteiger partial charge >= 0.3 is 0 Å². The van der Waals surface area contributed by atoms with E-state index in [4.69, 9.17) is 4.74 Å². The molecule has 1 N–H and O–H groups in total. The van der Waals surface area contributed by atoms with E-state index in [9.17, 15) is 13.2 Å². The molecule has 1 aliphatic heterocycles. The second-order valence-electron chi connectivity index (χ2n) is 7.90. The van der Waals surface area contributed by atoms with Gasteiger partial charge in [-0.2, -0.15) is 4.31 Å². The average Bonchev–Trinajstić information content (AvgIpc) is 3.05. The summed E-state index contributed by atoms with van der Waals surface area (Å²) < 4.78 is 33.0. The van der Waals surface area contributed by atoms with Gasteiger partial charge in [-0.3, -0.25) is 4.79 Å². The van der Waals surface area contributed by atoms with Crippen LogP contribution in [0.3, 0.4) is 0 Å². The minimum absolute atomic E-state index is 0.183. The van der Waals surface area contributed by atoms with Crippen LogP contribution in [0.2, 0.25) is 0 Å². The number of piperidine rings is 1. The number of carbonyl (C=O) groups excluding carboxylic acids is 1. The van der Waals surface area contributed by atoms with E-state index in [0.29, 0.717) is 29.4 Å². The maximum Gasteiger partial charge on any atom is 0.265 e. The van der Waals surface area contributed by atoms with Gasteiger partial charge in [-0.1, -0.05) is 12.8 Å². The quantitative estimate of drug-likeness (QED) is 0.686. The highest BCUT2D eigenvalue weighted by atomic mass is 32.2. The Kier molecular flexibility index (Phi) is 6.46. The van der Waals surface area contributed by atoms with Crippen molar-refractivity contribution in [3.63, 3.8) is 0 Å². The number of fused-ring (bicyclic) bond motifs is 1. The van der Waals surface area contributed by atoms with Crippen LogP contribution in [0.25, 0.3) is 0 Å². The Morgan fingerprint density at radius 3 is 2.53 bits per heavy atom. The largest absolute Gasteiger partial charge is 0.495 e. The van der Waals surface area contributed by atoms with E-state index in [1.165, 1.54) is 40.8 Å². The maximum atomic E-state index is 13.0. The smallest absolute Gasteiger partial charge is 0.265 e. The molecule has 1 aromatic heterocycles. The van der Waals surface area contributed by atoms with Crippen LogP contribution >= 0.6 is 11.3 Å². The summed E-state index contributed by atoms with van der Waals surface area (Å²) in [7, 11) is -2.08. The van der Waals surface area contributed by atoms with Gasteiger partial charge in [0.15, 0.2) is 0 Å². The third kappa shape index (κ3) is 4.40. The summed E-state index contributed by atoms with van der Waals surface area (Å²) in [5.41, 5.74) is 1.65. The Morgan fingerprint density at radius 2 is 1.77 bits per heavy atom. The molecular weight excluding hydrogens is 420 g/mol. The van der Waals surface area contributed by atoms with Crippen molar-refractivity contribution in [1.82, 2.24) is 4.31 Å². The van der Waals surface area contributed by atoms with E-state index in [2.05, 4.69) is 5.32 Å². The zero-order valence-electron chi connectivity index (χ0n) is 17.3. The summed E-state index contributed by atoms with van der Waals surface area (Å²) in [5.74, 6) is 0.220. The van der Waals surface area contributed by atoms with Crippen molar-refractivity contribution in [2.24, 2.45) is 0 Å². The maximum absolute atomic E-state index is 13.0. The van der Waals surface area contributed by atoms with E-state index < -0.39 is 10.0 Å².